The Labute approximate surface area is 125 Å². The molecule has 1 aromatic rings. The second kappa shape index (κ2) is 4.84. The van der Waals surface area contributed by atoms with Crippen LogP contribution in [-0.4, -0.2) is 35.3 Å². The molecule has 5 nitrogen and oxygen atoms in total. The maximum Gasteiger partial charge on any atom is 0.232 e. The van der Waals surface area contributed by atoms with E-state index in [9.17, 15) is 9.59 Å². The van der Waals surface area contributed by atoms with Crippen LogP contribution in [0.4, 0.5) is 5.82 Å². The van der Waals surface area contributed by atoms with Crippen LogP contribution in [0.25, 0.3) is 0 Å². The molecule has 1 saturated heterocycles. The first-order valence-electron chi connectivity index (χ1n) is 6.70. The molecule has 106 valence electrons. The van der Waals surface area contributed by atoms with Gasteiger partial charge in [-0.3, -0.25) is 9.59 Å². The van der Waals surface area contributed by atoms with Crippen molar-refractivity contribution in [3.8, 4) is 0 Å². The summed E-state index contributed by atoms with van der Waals surface area (Å²) in [6.07, 6.45) is 4.07. The van der Waals surface area contributed by atoms with Gasteiger partial charge in [0.1, 0.15) is 5.82 Å². The lowest BCUT2D eigenvalue weighted by molar-refractivity contribution is -0.129. The van der Waals surface area contributed by atoms with Crippen molar-refractivity contribution in [1.29, 1.82) is 0 Å². The highest BCUT2D eigenvalue weighted by atomic mass is 79.9. The zero-order valence-electron chi connectivity index (χ0n) is 11.3. The highest BCUT2D eigenvalue weighted by Gasteiger charge is 2.44. The summed E-state index contributed by atoms with van der Waals surface area (Å²) in [5, 5.41) is 2.90. The van der Waals surface area contributed by atoms with Crippen LogP contribution in [0.15, 0.2) is 16.7 Å². The quantitative estimate of drug-likeness (QED) is 0.787. The first-order valence-corrected chi connectivity index (χ1v) is 7.49. The molecule has 0 aromatic carbocycles. The maximum absolute atomic E-state index is 12.5. The standard InChI is InChI=1S/C14H16BrN3O2/c1-18-5-4-14(3-2-11(18)19)7-9-6-10(15)8-16-12(9)17-13(14)20/h6,8H,2-5,7H2,1H3,(H,16,17,20). The van der Waals surface area contributed by atoms with E-state index < -0.39 is 5.41 Å². The van der Waals surface area contributed by atoms with Gasteiger partial charge in [-0.25, -0.2) is 4.98 Å². The summed E-state index contributed by atoms with van der Waals surface area (Å²) in [5.74, 6) is 0.767. The van der Waals surface area contributed by atoms with Crippen LogP contribution in [0.2, 0.25) is 0 Å². The highest BCUT2D eigenvalue weighted by Crippen LogP contribution is 2.41. The molecular formula is C14H16BrN3O2. The molecular weight excluding hydrogens is 322 g/mol. The van der Waals surface area contributed by atoms with Gasteiger partial charge in [-0.2, -0.15) is 0 Å². The van der Waals surface area contributed by atoms with E-state index in [0.717, 1.165) is 10.0 Å². The van der Waals surface area contributed by atoms with Gasteiger partial charge in [-0.05, 0) is 46.8 Å². The molecule has 1 atom stereocenters. The molecule has 2 aliphatic heterocycles. The van der Waals surface area contributed by atoms with E-state index >= 15 is 0 Å². The predicted octanol–water partition coefficient (Wildman–Crippen LogP) is 1.97. The molecule has 0 bridgehead atoms. The summed E-state index contributed by atoms with van der Waals surface area (Å²) >= 11 is 3.41. The Morgan fingerprint density at radius 3 is 3.00 bits per heavy atom. The molecule has 6 heteroatoms. The Morgan fingerprint density at radius 1 is 1.40 bits per heavy atom. The van der Waals surface area contributed by atoms with Crippen LogP contribution in [-0.2, 0) is 16.0 Å². The van der Waals surface area contributed by atoms with E-state index in [1.807, 2.05) is 6.07 Å². The smallest absolute Gasteiger partial charge is 0.232 e. The lowest BCUT2D eigenvalue weighted by Crippen LogP contribution is -2.42. The third kappa shape index (κ3) is 2.22. The number of carbonyl (C=O) groups excluding carboxylic acids is 2. The Hall–Kier alpha value is -1.43. The number of rotatable bonds is 0. The van der Waals surface area contributed by atoms with Crippen LogP contribution >= 0.6 is 15.9 Å². The highest BCUT2D eigenvalue weighted by molar-refractivity contribution is 9.10. The van der Waals surface area contributed by atoms with Crippen molar-refractivity contribution in [2.45, 2.75) is 25.7 Å². The number of fused-ring (bicyclic) bond motifs is 1. The van der Waals surface area contributed by atoms with Crippen molar-refractivity contribution in [1.82, 2.24) is 9.88 Å². The van der Waals surface area contributed by atoms with E-state index in [-0.39, 0.29) is 11.8 Å². The molecule has 20 heavy (non-hydrogen) atoms. The first-order chi connectivity index (χ1) is 9.50. The third-order valence-electron chi connectivity index (χ3n) is 4.34. The summed E-state index contributed by atoms with van der Waals surface area (Å²) < 4.78 is 0.907. The average Bonchev–Trinajstić information content (AvgIpc) is 2.55. The minimum absolute atomic E-state index is 0.00271. The van der Waals surface area contributed by atoms with Gasteiger partial charge in [-0.1, -0.05) is 0 Å². The number of pyridine rings is 1. The van der Waals surface area contributed by atoms with Gasteiger partial charge in [0, 0.05) is 30.7 Å². The SMILES string of the molecule is CN1CCC2(CCC1=O)Cc1cc(Br)cnc1NC2=O. The molecule has 0 aliphatic carbocycles. The van der Waals surface area contributed by atoms with E-state index in [1.165, 1.54) is 0 Å². The lowest BCUT2D eigenvalue weighted by atomic mass is 9.73. The Balaban J connectivity index is 1.94. The van der Waals surface area contributed by atoms with Gasteiger partial charge in [0.15, 0.2) is 0 Å². The van der Waals surface area contributed by atoms with Crippen LogP contribution in [0.3, 0.4) is 0 Å². The first kappa shape index (κ1) is 13.5. The fourth-order valence-corrected chi connectivity index (χ4v) is 3.36. The third-order valence-corrected chi connectivity index (χ3v) is 4.78. The number of carbonyl (C=O) groups is 2. The zero-order valence-corrected chi connectivity index (χ0v) is 12.9. The predicted molar refractivity (Wildman–Crippen MR) is 78.2 cm³/mol. The Kier molecular flexibility index (Phi) is 3.28. The maximum atomic E-state index is 12.5. The van der Waals surface area contributed by atoms with Crippen LogP contribution in [0, 0.1) is 5.41 Å². The van der Waals surface area contributed by atoms with Gasteiger partial charge in [0.25, 0.3) is 0 Å². The number of amides is 2. The lowest BCUT2D eigenvalue weighted by Gasteiger charge is -2.35. The van der Waals surface area contributed by atoms with Crippen molar-refractivity contribution in [2.24, 2.45) is 5.41 Å². The molecule has 1 fully saturated rings. The van der Waals surface area contributed by atoms with Gasteiger partial charge >= 0.3 is 0 Å². The minimum atomic E-state index is -0.476. The minimum Gasteiger partial charge on any atom is -0.346 e. The number of hydrogen-bond donors (Lipinski definition) is 1. The van der Waals surface area contributed by atoms with E-state index in [2.05, 4.69) is 26.2 Å². The second-order valence-corrected chi connectivity index (χ2v) is 6.55. The molecule has 1 aromatic heterocycles. The van der Waals surface area contributed by atoms with E-state index in [1.54, 1.807) is 18.1 Å². The van der Waals surface area contributed by atoms with E-state index in [0.29, 0.717) is 38.0 Å². The number of likely N-dealkylation sites (tertiary alicyclic amines) is 1. The molecule has 1 N–H and O–H groups in total. The Bertz CT molecular complexity index is 590. The molecule has 2 amide bonds. The van der Waals surface area contributed by atoms with Gasteiger partial charge < -0.3 is 10.2 Å². The van der Waals surface area contributed by atoms with Crippen LogP contribution in [0.1, 0.15) is 24.8 Å². The van der Waals surface area contributed by atoms with Crippen LogP contribution < -0.4 is 5.32 Å². The van der Waals surface area contributed by atoms with Crippen molar-refractivity contribution in [3.05, 3.63) is 22.3 Å². The van der Waals surface area contributed by atoms with Crippen molar-refractivity contribution in [3.63, 3.8) is 0 Å². The number of nitrogens with one attached hydrogen (secondary N) is 1. The monoisotopic (exact) mass is 337 g/mol. The zero-order chi connectivity index (χ0) is 14.3. The summed E-state index contributed by atoms with van der Waals surface area (Å²) in [7, 11) is 1.80. The topological polar surface area (TPSA) is 62.3 Å². The summed E-state index contributed by atoms with van der Waals surface area (Å²) in [6.45, 7) is 0.628. The number of halogens is 1. The number of aromatic nitrogens is 1. The average molecular weight is 338 g/mol. The molecule has 0 radical (unpaired) electrons. The van der Waals surface area contributed by atoms with Gasteiger partial charge in [-0.15, -0.1) is 0 Å². The summed E-state index contributed by atoms with van der Waals surface area (Å²) in [6, 6.07) is 2.00. The number of nitrogens with zero attached hydrogens (tertiary/aromatic N) is 2. The van der Waals surface area contributed by atoms with Gasteiger partial charge in [0.05, 0.1) is 5.41 Å². The normalized spacial score (nSPS) is 26.2. The van der Waals surface area contributed by atoms with E-state index in [4.69, 9.17) is 0 Å². The fraction of sp³-hybridized carbons (Fsp3) is 0.500. The number of hydrogen-bond acceptors (Lipinski definition) is 3. The molecule has 3 rings (SSSR count). The molecule has 1 unspecified atom stereocenters. The number of anilines is 1. The Morgan fingerprint density at radius 2 is 2.20 bits per heavy atom. The van der Waals surface area contributed by atoms with Crippen LogP contribution in [0.5, 0.6) is 0 Å². The summed E-state index contributed by atoms with van der Waals surface area (Å²) in [4.78, 5) is 30.3. The fourth-order valence-electron chi connectivity index (χ4n) is 2.99. The van der Waals surface area contributed by atoms with Gasteiger partial charge in [0.2, 0.25) is 11.8 Å². The molecule has 1 spiro atoms. The molecule has 2 aliphatic rings. The van der Waals surface area contributed by atoms with Crippen molar-refractivity contribution < 1.29 is 9.59 Å². The van der Waals surface area contributed by atoms with Crippen molar-refractivity contribution >= 4 is 33.6 Å². The molecule has 0 saturated carbocycles. The summed E-state index contributed by atoms with van der Waals surface area (Å²) in [5.41, 5.74) is 0.562. The molecule has 3 heterocycles. The largest absolute Gasteiger partial charge is 0.346 e. The second-order valence-electron chi connectivity index (χ2n) is 5.64. The van der Waals surface area contributed by atoms with Crippen molar-refractivity contribution in [2.75, 3.05) is 18.9 Å².